The number of benzene rings is 1. The Morgan fingerprint density at radius 1 is 0.810 bits per heavy atom. The van der Waals surface area contributed by atoms with Gasteiger partial charge in [-0.2, -0.15) is 8.78 Å². The van der Waals surface area contributed by atoms with E-state index in [1.165, 1.54) is 44.2 Å². The fraction of sp³-hybridized carbons (Fsp3) is 0.647. The maximum absolute atomic E-state index is 13.9. The highest BCUT2D eigenvalue weighted by Crippen LogP contribution is 2.33. The van der Waals surface area contributed by atoms with Crippen molar-refractivity contribution in [3.63, 3.8) is 0 Å². The zero-order chi connectivity index (χ0) is 14.7. The van der Waals surface area contributed by atoms with E-state index in [1.54, 1.807) is 0 Å². The predicted octanol–water partition coefficient (Wildman–Crippen LogP) is 4.71. The highest BCUT2D eigenvalue weighted by Gasteiger charge is 2.22. The third-order valence-corrected chi connectivity index (χ3v) is 4.50. The van der Waals surface area contributed by atoms with Crippen LogP contribution in [0.2, 0.25) is 0 Å². The second-order valence-corrected chi connectivity index (χ2v) is 6.20. The normalized spacial score (nSPS) is 18.4. The van der Waals surface area contributed by atoms with Crippen molar-refractivity contribution in [3.05, 3.63) is 23.8 Å². The molecular formula is C17H22F2O2. The Morgan fingerprint density at radius 2 is 1.29 bits per heavy atom. The lowest BCUT2D eigenvalue weighted by Gasteiger charge is -2.25. The molecule has 2 fully saturated rings. The first-order valence-electron chi connectivity index (χ1n) is 7.97. The van der Waals surface area contributed by atoms with Crippen LogP contribution in [-0.4, -0.2) is 13.2 Å². The van der Waals surface area contributed by atoms with Crippen LogP contribution in [0.15, 0.2) is 12.1 Å². The Kier molecular flexibility index (Phi) is 4.61. The molecule has 2 saturated carbocycles. The second kappa shape index (κ2) is 6.63. The van der Waals surface area contributed by atoms with Gasteiger partial charge < -0.3 is 9.47 Å². The zero-order valence-electron chi connectivity index (χ0n) is 12.2. The van der Waals surface area contributed by atoms with E-state index in [4.69, 9.17) is 9.47 Å². The summed E-state index contributed by atoms with van der Waals surface area (Å²) in [6.07, 6.45) is 8.03. The standard InChI is InChI=1S/C17H22F2O2/c18-16-14(20-10-8-12-2-1-3-12)6-7-15(17(16)19)21-11-9-13-4-5-13/h6-7,12-13H,1-5,8-11H2. The number of halogens is 2. The summed E-state index contributed by atoms with van der Waals surface area (Å²) in [5, 5.41) is 0. The van der Waals surface area contributed by atoms with Gasteiger partial charge in [0.15, 0.2) is 11.5 Å². The SMILES string of the molecule is Fc1c(OCCC2CCC2)ccc(OCCC2CC2)c1F. The Labute approximate surface area is 124 Å². The summed E-state index contributed by atoms with van der Waals surface area (Å²) in [6, 6.07) is 2.93. The van der Waals surface area contributed by atoms with E-state index in [9.17, 15) is 8.78 Å². The van der Waals surface area contributed by atoms with Crippen molar-refractivity contribution in [2.45, 2.75) is 44.9 Å². The molecule has 0 saturated heterocycles. The molecule has 0 amide bonds. The average Bonchev–Trinajstić information content (AvgIpc) is 3.23. The third kappa shape index (κ3) is 3.86. The molecule has 0 radical (unpaired) electrons. The van der Waals surface area contributed by atoms with Gasteiger partial charge in [-0.25, -0.2) is 0 Å². The summed E-state index contributed by atoms with van der Waals surface area (Å²) < 4.78 is 38.5. The van der Waals surface area contributed by atoms with E-state index in [2.05, 4.69) is 0 Å². The minimum Gasteiger partial charge on any atom is -0.490 e. The molecule has 21 heavy (non-hydrogen) atoms. The van der Waals surface area contributed by atoms with Gasteiger partial charge in [-0.1, -0.05) is 32.1 Å². The first kappa shape index (κ1) is 14.6. The topological polar surface area (TPSA) is 18.5 Å². The van der Waals surface area contributed by atoms with Crippen molar-refractivity contribution >= 4 is 0 Å². The van der Waals surface area contributed by atoms with E-state index in [0.29, 0.717) is 25.0 Å². The molecule has 1 aromatic rings. The highest BCUT2D eigenvalue weighted by molar-refractivity contribution is 5.35. The van der Waals surface area contributed by atoms with Gasteiger partial charge in [0.1, 0.15) is 0 Å². The van der Waals surface area contributed by atoms with Crippen LogP contribution in [0.1, 0.15) is 44.9 Å². The molecule has 4 heteroatoms. The summed E-state index contributed by atoms with van der Waals surface area (Å²) in [4.78, 5) is 0. The first-order chi connectivity index (χ1) is 10.2. The Hall–Kier alpha value is -1.32. The van der Waals surface area contributed by atoms with Crippen molar-refractivity contribution in [1.29, 1.82) is 0 Å². The number of hydrogen-bond donors (Lipinski definition) is 0. The van der Waals surface area contributed by atoms with Crippen LogP contribution >= 0.6 is 0 Å². The smallest absolute Gasteiger partial charge is 0.204 e. The third-order valence-electron chi connectivity index (χ3n) is 4.50. The molecule has 0 spiro atoms. The van der Waals surface area contributed by atoms with Gasteiger partial charge in [0, 0.05) is 0 Å². The van der Waals surface area contributed by atoms with Crippen LogP contribution in [0.5, 0.6) is 11.5 Å². The molecule has 3 rings (SSSR count). The van der Waals surface area contributed by atoms with Gasteiger partial charge in [-0.05, 0) is 36.8 Å². The van der Waals surface area contributed by atoms with Crippen LogP contribution in [0.3, 0.4) is 0 Å². The van der Waals surface area contributed by atoms with E-state index in [0.717, 1.165) is 12.8 Å². The van der Waals surface area contributed by atoms with E-state index in [-0.39, 0.29) is 11.5 Å². The van der Waals surface area contributed by atoms with Crippen molar-refractivity contribution in [3.8, 4) is 11.5 Å². The van der Waals surface area contributed by atoms with Gasteiger partial charge in [0.05, 0.1) is 13.2 Å². The summed E-state index contributed by atoms with van der Waals surface area (Å²) >= 11 is 0. The molecule has 0 aromatic heterocycles. The van der Waals surface area contributed by atoms with E-state index >= 15 is 0 Å². The second-order valence-electron chi connectivity index (χ2n) is 6.20. The van der Waals surface area contributed by atoms with Crippen LogP contribution in [0, 0.1) is 23.5 Å². The maximum Gasteiger partial charge on any atom is 0.204 e. The average molecular weight is 296 g/mol. The zero-order valence-corrected chi connectivity index (χ0v) is 12.2. The molecule has 0 unspecified atom stereocenters. The van der Waals surface area contributed by atoms with Gasteiger partial charge in [0.25, 0.3) is 0 Å². The minimum absolute atomic E-state index is 0.0126. The number of rotatable bonds is 8. The number of hydrogen-bond acceptors (Lipinski definition) is 2. The fourth-order valence-electron chi connectivity index (χ4n) is 2.60. The van der Waals surface area contributed by atoms with Crippen LogP contribution < -0.4 is 9.47 Å². The molecular weight excluding hydrogens is 274 g/mol. The van der Waals surface area contributed by atoms with Crippen molar-refractivity contribution in [2.24, 2.45) is 11.8 Å². The summed E-state index contributed by atoms with van der Waals surface area (Å²) in [6.45, 7) is 0.895. The van der Waals surface area contributed by atoms with Crippen LogP contribution in [0.25, 0.3) is 0 Å². The molecule has 2 nitrogen and oxygen atoms in total. The number of ether oxygens (including phenoxy) is 2. The van der Waals surface area contributed by atoms with Gasteiger partial charge in [-0.3, -0.25) is 0 Å². The minimum atomic E-state index is -0.938. The first-order valence-corrected chi connectivity index (χ1v) is 7.97. The van der Waals surface area contributed by atoms with Crippen molar-refractivity contribution in [1.82, 2.24) is 0 Å². The van der Waals surface area contributed by atoms with E-state index in [1.807, 2.05) is 0 Å². The van der Waals surface area contributed by atoms with Crippen molar-refractivity contribution < 1.29 is 18.3 Å². The quantitative estimate of drug-likeness (QED) is 0.691. The van der Waals surface area contributed by atoms with Crippen LogP contribution in [0.4, 0.5) is 8.78 Å². The monoisotopic (exact) mass is 296 g/mol. The highest BCUT2D eigenvalue weighted by atomic mass is 19.2. The summed E-state index contributed by atoms with van der Waals surface area (Å²) in [7, 11) is 0. The summed E-state index contributed by atoms with van der Waals surface area (Å²) in [5.41, 5.74) is 0. The lowest BCUT2D eigenvalue weighted by Crippen LogP contribution is -2.15. The van der Waals surface area contributed by atoms with Gasteiger partial charge in [0.2, 0.25) is 11.6 Å². The molecule has 1 aromatic carbocycles. The van der Waals surface area contributed by atoms with Crippen molar-refractivity contribution in [2.75, 3.05) is 13.2 Å². The molecule has 0 atom stereocenters. The lowest BCUT2D eigenvalue weighted by molar-refractivity contribution is 0.213. The molecule has 2 aliphatic rings. The fourth-order valence-corrected chi connectivity index (χ4v) is 2.60. The molecule has 0 heterocycles. The molecule has 2 aliphatic carbocycles. The van der Waals surface area contributed by atoms with Gasteiger partial charge in [-0.15, -0.1) is 0 Å². The van der Waals surface area contributed by atoms with Gasteiger partial charge >= 0.3 is 0 Å². The maximum atomic E-state index is 13.9. The van der Waals surface area contributed by atoms with E-state index < -0.39 is 11.6 Å². The summed E-state index contributed by atoms with van der Waals surface area (Å²) in [5.74, 6) is -0.490. The Morgan fingerprint density at radius 3 is 1.67 bits per heavy atom. The predicted molar refractivity (Wildman–Crippen MR) is 76.6 cm³/mol. The lowest BCUT2D eigenvalue weighted by atomic mass is 9.83. The largest absolute Gasteiger partial charge is 0.490 e. The Balaban J connectivity index is 1.50. The molecule has 0 aliphatic heterocycles. The molecule has 0 bridgehead atoms. The van der Waals surface area contributed by atoms with Crippen LogP contribution in [-0.2, 0) is 0 Å². The Bertz CT molecular complexity index is 482. The molecule has 116 valence electrons. The molecule has 0 N–H and O–H groups in total.